The van der Waals surface area contributed by atoms with E-state index in [-0.39, 0.29) is 17.4 Å². The van der Waals surface area contributed by atoms with Crippen LogP contribution in [0.1, 0.15) is 43.1 Å². The minimum atomic E-state index is -0.527. The topological polar surface area (TPSA) is 119 Å². The fourth-order valence-electron chi connectivity index (χ4n) is 2.79. The Morgan fingerprint density at radius 1 is 1.18 bits per heavy atom. The number of anilines is 2. The SMILES string of the molecule is CC(NC(=O)c1cccc(C(C)(N)CCSC(C)N)c1)Nc1ccccc1N. The van der Waals surface area contributed by atoms with Crippen molar-refractivity contribution in [3.05, 3.63) is 59.7 Å². The molecule has 0 heterocycles. The van der Waals surface area contributed by atoms with E-state index in [1.165, 1.54) is 0 Å². The van der Waals surface area contributed by atoms with Crippen LogP contribution in [0.15, 0.2) is 48.5 Å². The number of hydrogen-bond acceptors (Lipinski definition) is 6. The second-order valence-corrected chi connectivity index (χ2v) is 8.74. The highest BCUT2D eigenvalue weighted by Gasteiger charge is 2.22. The third kappa shape index (κ3) is 6.44. The Morgan fingerprint density at radius 3 is 2.57 bits per heavy atom. The molecule has 0 saturated carbocycles. The van der Waals surface area contributed by atoms with Gasteiger partial charge in [0.15, 0.2) is 0 Å². The lowest BCUT2D eigenvalue weighted by atomic mass is 9.89. The van der Waals surface area contributed by atoms with Gasteiger partial charge in [-0.3, -0.25) is 4.79 Å². The Morgan fingerprint density at radius 2 is 1.89 bits per heavy atom. The first kappa shape index (κ1) is 22.1. The molecule has 2 aromatic carbocycles. The maximum absolute atomic E-state index is 12.7. The molecule has 0 fully saturated rings. The van der Waals surface area contributed by atoms with E-state index in [0.717, 1.165) is 23.4 Å². The lowest BCUT2D eigenvalue weighted by molar-refractivity contribution is 0.0944. The van der Waals surface area contributed by atoms with E-state index in [2.05, 4.69) is 10.6 Å². The zero-order chi connectivity index (χ0) is 20.7. The Kier molecular flexibility index (Phi) is 7.74. The number of para-hydroxylation sites is 2. The number of nitrogen functional groups attached to an aromatic ring is 1. The molecule has 152 valence electrons. The summed E-state index contributed by atoms with van der Waals surface area (Å²) in [6.45, 7) is 5.81. The molecule has 0 bridgehead atoms. The smallest absolute Gasteiger partial charge is 0.252 e. The van der Waals surface area contributed by atoms with Gasteiger partial charge in [0.1, 0.15) is 0 Å². The van der Waals surface area contributed by atoms with Crippen molar-refractivity contribution in [2.45, 2.75) is 44.3 Å². The Hall–Kier alpha value is -2.22. The number of carbonyl (C=O) groups excluding carboxylic acids is 1. The van der Waals surface area contributed by atoms with Crippen LogP contribution in [0, 0.1) is 0 Å². The zero-order valence-electron chi connectivity index (χ0n) is 16.7. The van der Waals surface area contributed by atoms with Gasteiger partial charge in [-0.1, -0.05) is 24.3 Å². The predicted octanol–water partition coefficient (Wildman–Crippen LogP) is 3.06. The summed E-state index contributed by atoms with van der Waals surface area (Å²) in [7, 11) is 0. The molecule has 2 aromatic rings. The quantitative estimate of drug-likeness (QED) is 0.325. The molecule has 28 heavy (non-hydrogen) atoms. The van der Waals surface area contributed by atoms with Crippen molar-refractivity contribution in [3.8, 4) is 0 Å². The first-order valence-electron chi connectivity index (χ1n) is 9.37. The Balaban J connectivity index is 2.02. The number of amides is 1. The average molecular weight is 402 g/mol. The van der Waals surface area contributed by atoms with Gasteiger partial charge in [-0.05, 0) is 62.8 Å². The molecule has 0 aliphatic carbocycles. The molecular weight excluding hydrogens is 370 g/mol. The third-order valence-corrected chi connectivity index (χ3v) is 5.43. The van der Waals surface area contributed by atoms with Crippen molar-refractivity contribution in [2.24, 2.45) is 11.5 Å². The molecule has 0 saturated heterocycles. The summed E-state index contributed by atoms with van der Waals surface area (Å²) in [5.41, 5.74) is 20.6. The molecule has 1 amide bonds. The minimum Gasteiger partial charge on any atom is -0.397 e. The van der Waals surface area contributed by atoms with Crippen LogP contribution in [0.3, 0.4) is 0 Å². The van der Waals surface area contributed by atoms with E-state index in [1.807, 2.05) is 63.2 Å². The van der Waals surface area contributed by atoms with Crippen molar-refractivity contribution < 1.29 is 4.79 Å². The lowest BCUT2D eigenvalue weighted by Crippen LogP contribution is -2.39. The van der Waals surface area contributed by atoms with E-state index in [0.29, 0.717) is 11.3 Å². The highest BCUT2D eigenvalue weighted by Crippen LogP contribution is 2.25. The van der Waals surface area contributed by atoms with E-state index >= 15 is 0 Å². The maximum Gasteiger partial charge on any atom is 0.252 e. The number of nitrogens with one attached hydrogen (secondary N) is 2. The highest BCUT2D eigenvalue weighted by molar-refractivity contribution is 7.99. The molecular formula is C21H31N5OS. The van der Waals surface area contributed by atoms with Gasteiger partial charge in [-0.2, -0.15) is 0 Å². The van der Waals surface area contributed by atoms with Crippen LogP contribution in [0.4, 0.5) is 11.4 Å². The molecule has 0 spiro atoms. The average Bonchev–Trinajstić information content (AvgIpc) is 2.63. The fraction of sp³-hybridized carbons (Fsp3) is 0.381. The van der Waals surface area contributed by atoms with Gasteiger partial charge < -0.3 is 27.8 Å². The largest absolute Gasteiger partial charge is 0.397 e. The first-order chi connectivity index (χ1) is 13.2. The minimum absolute atomic E-state index is 0.0838. The van der Waals surface area contributed by atoms with E-state index < -0.39 is 5.54 Å². The molecule has 0 aliphatic rings. The summed E-state index contributed by atoms with van der Waals surface area (Å²) in [6, 6.07) is 14.9. The van der Waals surface area contributed by atoms with Gasteiger partial charge in [0.25, 0.3) is 5.91 Å². The van der Waals surface area contributed by atoms with Crippen LogP contribution in [0.5, 0.6) is 0 Å². The number of benzene rings is 2. The second kappa shape index (κ2) is 9.82. The lowest BCUT2D eigenvalue weighted by Gasteiger charge is -2.26. The van der Waals surface area contributed by atoms with E-state index in [4.69, 9.17) is 17.2 Å². The van der Waals surface area contributed by atoms with Gasteiger partial charge in [-0.15, -0.1) is 11.8 Å². The van der Waals surface area contributed by atoms with Crippen LogP contribution in [0.2, 0.25) is 0 Å². The molecule has 7 heteroatoms. The molecule has 3 unspecified atom stereocenters. The molecule has 8 N–H and O–H groups in total. The van der Waals surface area contributed by atoms with Gasteiger partial charge in [0.05, 0.1) is 17.5 Å². The normalized spacial score (nSPS) is 15.3. The Bertz CT molecular complexity index is 794. The second-order valence-electron chi connectivity index (χ2n) is 7.25. The van der Waals surface area contributed by atoms with Gasteiger partial charge in [-0.25, -0.2) is 0 Å². The number of nitrogens with two attached hydrogens (primary N) is 3. The van der Waals surface area contributed by atoms with Gasteiger partial charge in [0, 0.05) is 16.5 Å². The highest BCUT2D eigenvalue weighted by atomic mass is 32.2. The van der Waals surface area contributed by atoms with Gasteiger partial charge in [0.2, 0.25) is 0 Å². The molecule has 0 aliphatic heterocycles. The Labute approximate surface area is 171 Å². The number of hydrogen-bond donors (Lipinski definition) is 5. The zero-order valence-corrected chi connectivity index (χ0v) is 17.6. The first-order valence-corrected chi connectivity index (χ1v) is 10.4. The third-order valence-electron chi connectivity index (χ3n) is 4.47. The number of carbonyl (C=O) groups is 1. The van der Waals surface area contributed by atoms with Crippen LogP contribution >= 0.6 is 11.8 Å². The maximum atomic E-state index is 12.7. The van der Waals surface area contributed by atoms with E-state index in [9.17, 15) is 4.79 Å². The summed E-state index contributed by atoms with van der Waals surface area (Å²) < 4.78 is 0. The van der Waals surface area contributed by atoms with Crippen molar-refractivity contribution in [1.82, 2.24) is 5.32 Å². The molecule has 0 aromatic heterocycles. The summed E-state index contributed by atoms with van der Waals surface area (Å²) in [6.07, 6.45) is 0.489. The number of thioether (sulfide) groups is 1. The monoisotopic (exact) mass is 401 g/mol. The summed E-state index contributed by atoms with van der Waals surface area (Å²) in [5.74, 6) is 0.692. The number of rotatable bonds is 9. The molecule has 6 nitrogen and oxygen atoms in total. The molecule has 0 radical (unpaired) electrons. The predicted molar refractivity (Wildman–Crippen MR) is 120 cm³/mol. The van der Waals surface area contributed by atoms with Crippen molar-refractivity contribution in [2.75, 3.05) is 16.8 Å². The summed E-state index contributed by atoms with van der Waals surface area (Å²) >= 11 is 1.67. The van der Waals surface area contributed by atoms with Crippen LogP contribution in [-0.2, 0) is 5.54 Å². The van der Waals surface area contributed by atoms with Crippen LogP contribution in [-0.4, -0.2) is 23.2 Å². The summed E-state index contributed by atoms with van der Waals surface area (Å²) in [5, 5.41) is 6.22. The van der Waals surface area contributed by atoms with Crippen LogP contribution in [0.25, 0.3) is 0 Å². The van der Waals surface area contributed by atoms with Crippen molar-refractivity contribution in [3.63, 3.8) is 0 Å². The standard InChI is InChI=1S/C21H31N5OS/c1-14(22)28-12-11-21(3,24)17-8-6-7-16(13-17)20(27)26-15(2)25-19-10-5-4-9-18(19)23/h4-10,13-15,25H,11-12,22-24H2,1-3H3,(H,26,27). The van der Waals surface area contributed by atoms with Crippen LogP contribution < -0.4 is 27.8 Å². The van der Waals surface area contributed by atoms with E-state index in [1.54, 1.807) is 17.8 Å². The summed E-state index contributed by atoms with van der Waals surface area (Å²) in [4.78, 5) is 12.7. The molecule has 2 rings (SSSR count). The van der Waals surface area contributed by atoms with Crippen molar-refractivity contribution >= 4 is 29.0 Å². The fourth-order valence-corrected chi connectivity index (χ4v) is 3.71. The molecule has 3 atom stereocenters. The van der Waals surface area contributed by atoms with Crippen molar-refractivity contribution in [1.29, 1.82) is 0 Å². The van der Waals surface area contributed by atoms with Gasteiger partial charge >= 0.3 is 0 Å².